The van der Waals surface area contributed by atoms with Gasteiger partial charge >= 0.3 is 0 Å². The SMILES string of the molecule is CC(C)c1c[c]c2c3c(C(N)=O)cccc3n(Cc3ccccc3F)c2c1. The molecular formula is C23H20FN2O. The predicted octanol–water partition coefficient (Wildman–Crippen LogP) is 5.00. The highest BCUT2D eigenvalue weighted by atomic mass is 19.1. The molecule has 135 valence electrons. The molecule has 4 aromatic rings. The van der Waals surface area contributed by atoms with E-state index in [1.54, 1.807) is 18.2 Å². The van der Waals surface area contributed by atoms with Gasteiger partial charge in [0.05, 0.1) is 17.6 Å². The first-order chi connectivity index (χ1) is 13.0. The van der Waals surface area contributed by atoms with Crippen molar-refractivity contribution in [2.24, 2.45) is 5.73 Å². The molecule has 27 heavy (non-hydrogen) atoms. The molecule has 2 N–H and O–H groups in total. The monoisotopic (exact) mass is 359 g/mol. The van der Waals surface area contributed by atoms with Crippen LogP contribution >= 0.6 is 0 Å². The van der Waals surface area contributed by atoms with Crippen molar-refractivity contribution in [3.8, 4) is 0 Å². The van der Waals surface area contributed by atoms with E-state index in [1.165, 1.54) is 6.07 Å². The van der Waals surface area contributed by atoms with Gasteiger partial charge in [-0.2, -0.15) is 0 Å². The van der Waals surface area contributed by atoms with E-state index in [4.69, 9.17) is 5.73 Å². The van der Waals surface area contributed by atoms with Crippen molar-refractivity contribution in [2.75, 3.05) is 0 Å². The molecular weight excluding hydrogens is 339 g/mol. The second kappa shape index (κ2) is 6.54. The van der Waals surface area contributed by atoms with Crippen LogP contribution in [0.4, 0.5) is 4.39 Å². The fourth-order valence-electron chi connectivity index (χ4n) is 3.58. The lowest BCUT2D eigenvalue weighted by molar-refractivity contribution is 0.100. The highest BCUT2D eigenvalue weighted by Crippen LogP contribution is 2.34. The summed E-state index contributed by atoms with van der Waals surface area (Å²) < 4.78 is 16.3. The lowest BCUT2D eigenvalue weighted by Crippen LogP contribution is -2.11. The molecule has 4 heteroatoms. The van der Waals surface area contributed by atoms with Crippen LogP contribution in [0, 0.1) is 11.9 Å². The van der Waals surface area contributed by atoms with Gasteiger partial charge in [-0.25, -0.2) is 4.39 Å². The highest BCUT2D eigenvalue weighted by Gasteiger charge is 2.18. The Balaban J connectivity index is 2.07. The summed E-state index contributed by atoms with van der Waals surface area (Å²) in [5.74, 6) is -0.393. The van der Waals surface area contributed by atoms with Crippen molar-refractivity contribution < 1.29 is 9.18 Å². The van der Waals surface area contributed by atoms with Crippen LogP contribution in [0.15, 0.2) is 54.6 Å². The molecule has 0 bridgehead atoms. The first kappa shape index (κ1) is 17.3. The molecule has 3 nitrogen and oxygen atoms in total. The van der Waals surface area contributed by atoms with Gasteiger partial charge in [0.15, 0.2) is 0 Å². The molecule has 0 aliphatic heterocycles. The molecule has 0 fully saturated rings. The molecule has 1 heterocycles. The zero-order chi connectivity index (χ0) is 19.1. The maximum atomic E-state index is 14.3. The van der Waals surface area contributed by atoms with Gasteiger partial charge in [-0.05, 0) is 41.8 Å². The Bertz CT molecular complexity index is 1170. The van der Waals surface area contributed by atoms with E-state index in [2.05, 4.69) is 26.0 Å². The molecule has 1 amide bonds. The van der Waals surface area contributed by atoms with E-state index < -0.39 is 5.91 Å². The van der Waals surface area contributed by atoms with Crippen molar-refractivity contribution in [3.63, 3.8) is 0 Å². The van der Waals surface area contributed by atoms with Crippen LogP contribution in [0.3, 0.4) is 0 Å². The molecule has 3 aromatic carbocycles. The number of halogens is 1. The summed E-state index contributed by atoms with van der Waals surface area (Å²) in [4.78, 5) is 12.0. The number of hydrogen-bond donors (Lipinski definition) is 1. The highest BCUT2D eigenvalue weighted by molar-refractivity contribution is 6.17. The fourth-order valence-corrected chi connectivity index (χ4v) is 3.58. The van der Waals surface area contributed by atoms with Crippen LogP contribution in [-0.2, 0) is 6.54 Å². The summed E-state index contributed by atoms with van der Waals surface area (Å²) in [6, 6.07) is 19.6. The lowest BCUT2D eigenvalue weighted by Gasteiger charge is -2.10. The number of amides is 1. The number of fused-ring (bicyclic) bond motifs is 3. The molecule has 0 unspecified atom stereocenters. The molecule has 1 aromatic heterocycles. The summed E-state index contributed by atoms with van der Waals surface area (Å²) in [5, 5.41) is 1.60. The molecule has 1 radical (unpaired) electrons. The summed E-state index contributed by atoms with van der Waals surface area (Å²) in [6.07, 6.45) is 0. The van der Waals surface area contributed by atoms with Gasteiger partial charge in [0, 0.05) is 21.9 Å². The number of rotatable bonds is 4. The van der Waals surface area contributed by atoms with E-state index in [0.29, 0.717) is 23.6 Å². The molecule has 0 aliphatic carbocycles. The van der Waals surface area contributed by atoms with E-state index in [0.717, 1.165) is 27.4 Å². The Hall–Kier alpha value is -3.14. The number of hydrogen-bond acceptors (Lipinski definition) is 1. The van der Waals surface area contributed by atoms with Gasteiger partial charge in [-0.1, -0.05) is 44.2 Å². The number of nitrogens with zero attached hydrogens (tertiary/aromatic N) is 1. The maximum Gasteiger partial charge on any atom is 0.249 e. The number of benzene rings is 3. The van der Waals surface area contributed by atoms with Gasteiger partial charge in [-0.15, -0.1) is 0 Å². The third-order valence-corrected chi connectivity index (χ3v) is 5.04. The topological polar surface area (TPSA) is 48.0 Å². The van der Waals surface area contributed by atoms with Gasteiger partial charge in [0.1, 0.15) is 5.82 Å². The van der Waals surface area contributed by atoms with Gasteiger partial charge in [0.25, 0.3) is 0 Å². The number of nitrogens with two attached hydrogens (primary N) is 1. The molecule has 0 saturated heterocycles. The molecule has 0 atom stereocenters. The van der Waals surface area contributed by atoms with Gasteiger partial charge < -0.3 is 10.3 Å². The zero-order valence-electron chi connectivity index (χ0n) is 15.3. The van der Waals surface area contributed by atoms with Gasteiger partial charge in [-0.3, -0.25) is 4.79 Å². The minimum absolute atomic E-state index is 0.248. The van der Waals surface area contributed by atoms with E-state index in [1.807, 2.05) is 28.8 Å². The third-order valence-electron chi connectivity index (χ3n) is 5.04. The average molecular weight is 359 g/mol. The van der Waals surface area contributed by atoms with Crippen LogP contribution in [0.5, 0.6) is 0 Å². The normalized spacial score (nSPS) is 11.6. The molecule has 4 rings (SSSR count). The van der Waals surface area contributed by atoms with E-state index in [-0.39, 0.29) is 5.82 Å². The quantitative estimate of drug-likeness (QED) is 0.547. The Labute approximate surface area is 157 Å². The first-order valence-corrected chi connectivity index (χ1v) is 8.97. The Morgan fingerprint density at radius 2 is 1.93 bits per heavy atom. The summed E-state index contributed by atoms with van der Waals surface area (Å²) in [6.45, 7) is 4.60. The van der Waals surface area contributed by atoms with Crippen LogP contribution in [0.1, 0.15) is 41.3 Å². The zero-order valence-corrected chi connectivity index (χ0v) is 15.3. The predicted molar refractivity (Wildman–Crippen MR) is 106 cm³/mol. The molecule has 0 saturated carbocycles. The van der Waals surface area contributed by atoms with Crippen molar-refractivity contribution in [1.29, 1.82) is 0 Å². The van der Waals surface area contributed by atoms with E-state index in [9.17, 15) is 9.18 Å². The number of aromatic nitrogens is 1. The minimum Gasteiger partial charge on any atom is -0.366 e. The summed E-state index contributed by atoms with van der Waals surface area (Å²) in [5.41, 5.74) is 9.58. The third kappa shape index (κ3) is 2.87. The Kier molecular flexibility index (Phi) is 4.19. The van der Waals surface area contributed by atoms with Crippen LogP contribution in [0.2, 0.25) is 0 Å². The summed E-state index contributed by atoms with van der Waals surface area (Å²) >= 11 is 0. The number of carbonyl (C=O) groups is 1. The van der Waals surface area contributed by atoms with Crippen molar-refractivity contribution >= 4 is 27.7 Å². The second-order valence-electron chi connectivity index (χ2n) is 7.09. The molecule has 0 spiro atoms. The number of carbonyl (C=O) groups excluding carboxylic acids is 1. The van der Waals surface area contributed by atoms with Crippen LogP contribution in [-0.4, -0.2) is 10.5 Å². The Morgan fingerprint density at radius 1 is 1.15 bits per heavy atom. The Morgan fingerprint density at radius 3 is 2.63 bits per heavy atom. The van der Waals surface area contributed by atoms with E-state index >= 15 is 0 Å². The average Bonchev–Trinajstić information content (AvgIpc) is 2.96. The summed E-state index contributed by atoms with van der Waals surface area (Å²) in [7, 11) is 0. The molecule has 0 aliphatic rings. The van der Waals surface area contributed by atoms with Crippen LogP contribution in [0.25, 0.3) is 21.8 Å². The first-order valence-electron chi connectivity index (χ1n) is 8.97. The van der Waals surface area contributed by atoms with Crippen molar-refractivity contribution in [3.05, 3.63) is 83.2 Å². The maximum absolute atomic E-state index is 14.3. The van der Waals surface area contributed by atoms with Crippen molar-refractivity contribution in [2.45, 2.75) is 26.3 Å². The smallest absolute Gasteiger partial charge is 0.249 e. The van der Waals surface area contributed by atoms with Crippen molar-refractivity contribution in [1.82, 2.24) is 4.57 Å². The fraction of sp³-hybridized carbons (Fsp3) is 0.174. The second-order valence-corrected chi connectivity index (χ2v) is 7.09. The minimum atomic E-state index is -0.480. The lowest BCUT2D eigenvalue weighted by atomic mass is 10.00. The van der Waals surface area contributed by atoms with Gasteiger partial charge in [0.2, 0.25) is 5.91 Å². The van der Waals surface area contributed by atoms with Crippen LogP contribution < -0.4 is 5.73 Å². The number of primary amides is 1. The largest absolute Gasteiger partial charge is 0.366 e. The standard InChI is InChI=1S/C23H20FN2O/c1-14(2)15-10-11-17-21(12-15)26(13-16-6-3-4-8-19(16)24)20-9-5-7-18(22(17)20)23(25)27/h3-10,12,14H,13H2,1-2H3,(H2,25,27).